The van der Waals surface area contributed by atoms with Crippen molar-refractivity contribution in [3.8, 4) is 5.75 Å². The first-order chi connectivity index (χ1) is 64.8. The molecule has 9 rings (SSSR count). The second kappa shape index (κ2) is 50.3. The van der Waals surface area contributed by atoms with E-state index in [1.54, 1.807) is 74.8 Å². The van der Waals surface area contributed by atoms with Crippen LogP contribution in [0.5, 0.6) is 5.75 Å². The lowest BCUT2D eigenvalue weighted by Gasteiger charge is -2.36. The van der Waals surface area contributed by atoms with Gasteiger partial charge in [0.2, 0.25) is 94.5 Å². The fourth-order valence-electron chi connectivity index (χ4n) is 16.8. The van der Waals surface area contributed by atoms with Crippen molar-refractivity contribution in [1.82, 2.24) is 103 Å². The van der Waals surface area contributed by atoms with Crippen molar-refractivity contribution in [2.75, 3.05) is 58.8 Å². The number of phenols is 1. The number of aromatic amines is 3. The number of primary amides is 2. The summed E-state index contributed by atoms with van der Waals surface area (Å²) in [6.45, 7) is 11.3. The van der Waals surface area contributed by atoms with E-state index in [4.69, 9.17) is 22.6 Å². The molecule has 3 saturated heterocycles. The number of hydrogen-bond donors (Lipinski definition) is 20. The summed E-state index contributed by atoms with van der Waals surface area (Å²) in [5.41, 5.74) is 19.8. The highest BCUT2D eigenvalue weighted by molar-refractivity contribution is 8.00. The lowest BCUT2D eigenvalue weighted by molar-refractivity contribution is -0.149. The number of benzene rings is 3. The number of likely N-dealkylation sites (N-methyl/N-ethyl adjacent to an activating group) is 3. The molecule has 136 heavy (non-hydrogen) atoms. The van der Waals surface area contributed by atoms with Gasteiger partial charge in [0.15, 0.2) is 12.0 Å². The zero-order valence-corrected chi connectivity index (χ0v) is 78.6. The minimum absolute atomic E-state index is 0.00118. The average molecular weight is 1910 g/mol. The topological polar surface area (TPSA) is 641 Å². The number of rotatable bonds is 26. The van der Waals surface area contributed by atoms with Crippen molar-refractivity contribution >= 4 is 140 Å². The van der Waals surface area contributed by atoms with E-state index in [1.807, 2.05) is 13.8 Å². The number of aliphatic hydroxyl groups excluding tert-OH is 1. The second-order valence-electron chi connectivity index (χ2n) is 35.0. The van der Waals surface area contributed by atoms with Crippen LogP contribution in [-0.2, 0) is 107 Å². The quantitative estimate of drug-likeness (QED) is 0.0136. The van der Waals surface area contributed by atoms with Crippen LogP contribution in [-0.4, -0.2) is 304 Å². The number of para-hydroxylation sites is 2. The number of unbranched alkanes of at least 4 members (excludes halogenated alkanes) is 2. The Morgan fingerprint density at radius 1 is 0.544 bits per heavy atom. The number of nitrogens with two attached hydrogens (primary N) is 3. The van der Waals surface area contributed by atoms with Crippen LogP contribution in [0.3, 0.4) is 0 Å². The summed E-state index contributed by atoms with van der Waals surface area (Å²) in [4.78, 5) is 270. The van der Waals surface area contributed by atoms with Gasteiger partial charge in [-0.25, -0.2) is 4.98 Å². The van der Waals surface area contributed by atoms with Crippen LogP contribution >= 0.6 is 11.8 Å². The Morgan fingerprint density at radius 2 is 1.06 bits per heavy atom. The molecular formula is C92H128N24O19S. The fraction of sp³-hybridized carbons (Fsp3) is 0.511. The molecule has 0 bridgehead atoms. The molecule has 0 radical (unpaired) electrons. The van der Waals surface area contributed by atoms with Crippen LogP contribution < -0.4 is 75.7 Å². The molecule has 43 nitrogen and oxygen atoms in total. The summed E-state index contributed by atoms with van der Waals surface area (Å²) in [6, 6.07) is -1.91. The maximum Gasteiger partial charge on any atom is 0.251 e. The maximum absolute atomic E-state index is 15.8. The standard InChI is InChI=1S/C92H128N24O19S/c1-10-12-26-70-83(127)104-62(25-18-34-98-92(95)96)80(124)110-69(79(123)101-46-75(94)120)47-136-48-76(121)103-66(38-53-30-32-57(118)33-31-53)87(131)112(7)51(5)78(122)107-68(42-74(93)119)90(134)116-36-20-29-72(116)85(129)106-64(41-56-45-97-49-102-56)81(125)108-65(37-50(3)4)89(133)115-35-19-28-71(115)84(128)105-63(39-54-43-99-60-23-16-14-21-58(54)60)82(126)111-77(52(6)117)86(130)109-67(40-55-44-100-61-24-17-15-22-59(55)61)88(132)114(9)73(27-13-11-2)91(135)113(70)8/h14-17,21-24,30-33,43-45,49-51,62-73,77,99-100,117-118H,6,10-13,18-20,25-29,34-42,46-48H2,1-5,7-9H3,(H2,93,119)(H2,94,120)(H,97,102)(H,101,123)(H,103,121)(H,104,127)(H,105,128)(H,106,129)(H,107,122)(H,108,125)(H,109,130)(H,110,124)(H,111,126)(H4,95,96,98)/t51-,62-,63-,64-,65-,66-,67-,68-,69?,70-,71-,72-,73-,77-/m0/s1. The molecular weight excluding hydrogens is 1780 g/mol. The number of thioether (sulfide) groups is 1. The predicted molar refractivity (Wildman–Crippen MR) is 503 cm³/mol. The summed E-state index contributed by atoms with van der Waals surface area (Å²) in [7, 11) is 3.91. The summed E-state index contributed by atoms with van der Waals surface area (Å²) in [5.74, 6) is -18.6. The van der Waals surface area contributed by atoms with E-state index in [1.165, 1.54) is 69.8 Å². The van der Waals surface area contributed by atoms with Crippen molar-refractivity contribution in [2.24, 2.45) is 23.1 Å². The molecule has 3 aromatic carbocycles. The molecule has 3 aromatic heterocycles. The number of H-pyrrole nitrogens is 3. The molecule has 23 N–H and O–H groups in total. The molecule has 3 aliphatic heterocycles. The van der Waals surface area contributed by atoms with Crippen molar-refractivity contribution < 1.29 is 91.7 Å². The number of guanidine groups is 1. The lowest BCUT2D eigenvalue weighted by atomic mass is 9.99. The minimum Gasteiger partial charge on any atom is -0.510 e. The van der Waals surface area contributed by atoms with Crippen molar-refractivity contribution in [1.29, 1.82) is 5.41 Å². The molecule has 1 unspecified atom stereocenters. The molecule has 44 heteroatoms. The number of imidazole rings is 1. The van der Waals surface area contributed by atoms with Crippen LogP contribution in [0.15, 0.2) is 110 Å². The smallest absolute Gasteiger partial charge is 0.251 e. The van der Waals surface area contributed by atoms with Gasteiger partial charge in [-0.1, -0.05) is 108 Å². The molecule has 3 fully saturated rings. The molecule has 736 valence electrons. The summed E-state index contributed by atoms with van der Waals surface area (Å²) in [6.07, 6.45) is 5.95. The van der Waals surface area contributed by atoms with Crippen LogP contribution in [0.4, 0.5) is 0 Å². The van der Waals surface area contributed by atoms with Gasteiger partial charge in [-0.3, -0.25) is 86.9 Å². The number of hydrogen-bond acceptors (Lipinski definition) is 22. The molecule has 0 aliphatic carbocycles. The van der Waals surface area contributed by atoms with Gasteiger partial charge >= 0.3 is 0 Å². The largest absolute Gasteiger partial charge is 0.510 e. The van der Waals surface area contributed by atoms with Gasteiger partial charge in [0.25, 0.3) is 5.91 Å². The van der Waals surface area contributed by atoms with Gasteiger partial charge in [-0.2, -0.15) is 0 Å². The monoisotopic (exact) mass is 1900 g/mol. The number of nitrogens with zero attached hydrogens (tertiary/aromatic N) is 6. The number of carbonyl (C=O) groups is 17. The van der Waals surface area contributed by atoms with Crippen LogP contribution in [0.25, 0.3) is 21.8 Å². The summed E-state index contributed by atoms with van der Waals surface area (Å²) in [5, 5.41) is 60.1. The number of amides is 17. The Bertz CT molecular complexity index is 5300. The molecule has 17 amide bonds. The highest BCUT2D eigenvalue weighted by atomic mass is 32.2. The number of nitrogens with one attached hydrogen (secondary N) is 15. The van der Waals surface area contributed by atoms with E-state index in [2.05, 4.69) is 85.0 Å². The Kier molecular flexibility index (Phi) is 39.0. The highest BCUT2D eigenvalue weighted by Gasteiger charge is 2.46. The van der Waals surface area contributed by atoms with E-state index < -0.39 is 221 Å². The number of aromatic nitrogens is 4. The van der Waals surface area contributed by atoms with E-state index in [-0.39, 0.29) is 115 Å². The molecule has 3 aliphatic rings. The summed E-state index contributed by atoms with van der Waals surface area (Å²) < 4.78 is 0. The molecule has 14 atom stereocenters. The number of aliphatic hydroxyl groups is 1. The Labute approximate surface area is 791 Å². The number of phenolic OH excluding ortho intramolecular Hbond substituents is 1. The normalized spacial score (nSPS) is 24.1. The van der Waals surface area contributed by atoms with E-state index in [9.17, 15) is 53.4 Å². The molecule has 0 spiro atoms. The van der Waals surface area contributed by atoms with E-state index in [0.29, 0.717) is 69.9 Å². The van der Waals surface area contributed by atoms with Gasteiger partial charge in [-0.15, -0.1) is 11.8 Å². The van der Waals surface area contributed by atoms with Gasteiger partial charge in [-0.05, 0) is 112 Å². The Morgan fingerprint density at radius 3 is 1.62 bits per heavy atom. The zero-order valence-electron chi connectivity index (χ0n) is 77.7. The van der Waals surface area contributed by atoms with Gasteiger partial charge < -0.3 is 125 Å². The van der Waals surface area contributed by atoms with Gasteiger partial charge in [0.1, 0.15) is 90.1 Å². The van der Waals surface area contributed by atoms with E-state index in [0.717, 1.165) is 31.4 Å². The highest BCUT2D eigenvalue weighted by Crippen LogP contribution is 2.28. The average Bonchev–Trinajstić information content (AvgIpc) is 1.61. The van der Waals surface area contributed by atoms with Crippen molar-refractivity contribution in [2.45, 2.75) is 235 Å². The Hall–Kier alpha value is -14.1. The number of aromatic hydroxyl groups is 1. The van der Waals surface area contributed by atoms with Gasteiger partial charge in [0, 0.05) is 118 Å². The third-order valence-electron chi connectivity index (χ3n) is 24.4. The second-order valence-corrected chi connectivity index (χ2v) is 36.0. The first-order valence-electron chi connectivity index (χ1n) is 45.6. The van der Waals surface area contributed by atoms with Gasteiger partial charge in [0.05, 0.1) is 25.0 Å². The van der Waals surface area contributed by atoms with Crippen molar-refractivity contribution in [3.05, 3.63) is 132 Å². The molecule has 6 heterocycles. The van der Waals surface area contributed by atoms with Crippen LogP contribution in [0.1, 0.15) is 147 Å². The first-order valence-corrected chi connectivity index (χ1v) is 46.8. The summed E-state index contributed by atoms with van der Waals surface area (Å²) >= 11 is 0.763. The number of fused-ring (bicyclic) bond motifs is 4. The van der Waals surface area contributed by atoms with E-state index >= 15 is 38.4 Å². The van der Waals surface area contributed by atoms with Crippen LogP contribution in [0.2, 0.25) is 0 Å². The maximum atomic E-state index is 15.8. The third kappa shape index (κ3) is 29.2. The Balaban J connectivity index is 1.10. The molecule has 6 aromatic rings. The third-order valence-corrected chi connectivity index (χ3v) is 25.4. The fourth-order valence-corrected chi connectivity index (χ4v) is 17.7. The zero-order chi connectivity index (χ0) is 99.3. The van der Waals surface area contributed by atoms with Crippen molar-refractivity contribution in [3.63, 3.8) is 0 Å². The first kappa shape index (κ1) is 106. The minimum atomic E-state index is -2.08. The number of carbonyl (C=O) groups excluding carboxylic acids is 17. The predicted octanol–water partition coefficient (Wildman–Crippen LogP) is -0.820. The van der Waals surface area contributed by atoms with Crippen LogP contribution in [0, 0.1) is 11.3 Å². The molecule has 0 saturated carbocycles. The SMILES string of the molecule is C=C(O)[C@@H]1NC(=O)[C@H](Cc2c[nH]c3ccccc23)NC(=O)[C@@H]2CCCN2C(=O)[C@H](CC(C)C)NC(=O)[C@H](Cc2cnc[nH]2)NC(=O)[C@@H]2CCCN2C(=O)[C@H](CC(N)=O)NC(=O)[C@H](C)N(C)C(=O)[C@H](Cc2ccc(O)cc2)NC(=O)CSCC(C(=O)NCC(N)=O)NC(=O)[C@H](CCCNC(=N)N)NC(=O)[C@H](CCCC)N(C)C(=O)[C@H](CCCC)N(C)C(=O)[C@H](Cc2c[nH]c3ccccc23)NC1=O. The lowest BCUT2D eigenvalue weighted by Crippen LogP contribution is -2.61.